The van der Waals surface area contributed by atoms with Crippen molar-refractivity contribution in [2.75, 3.05) is 0 Å². The number of carbonyl (C=O) groups is 1. The highest BCUT2D eigenvalue weighted by Gasteiger charge is 2.22. The van der Waals surface area contributed by atoms with E-state index in [0.717, 1.165) is 27.5 Å². The lowest BCUT2D eigenvalue weighted by molar-refractivity contribution is -0.124. The molecule has 1 amide bonds. The SMILES string of the molecule is O=C(NCc1ccc(-c2nc(-c3cccs3)no2)s1)C1CCCC1. The number of hydrogen-bond donors (Lipinski definition) is 1. The number of nitrogens with one attached hydrogen (secondary N) is 1. The molecular formula is C17H17N3O2S2. The standard InChI is InChI=1S/C17H17N3O2S2/c21-16(11-4-1-2-5-11)18-10-12-7-8-14(24-12)17-19-15(20-22-17)13-6-3-9-23-13/h3,6-9,11H,1-2,4-5,10H2,(H,18,21). The van der Waals surface area contributed by atoms with Crippen molar-refractivity contribution in [1.29, 1.82) is 0 Å². The highest BCUT2D eigenvalue weighted by Crippen LogP contribution is 2.30. The van der Waals surface area contributed by atoms with Crippen LogP contribution in [-0.2, 0) is 11.3 Å². The van der Waals surface area contributed by atoms with Crippen molar-refractivity contribution < 1.29 is 9.32 Å². The molecule has 124 valence electrons. The van der Waals surface area contributed by atoms with Gasteiger partial charge in [-0.05, 0) is 36.4 Å². The third-order valence-electron chi connectivity index (χ3n) is 4.20. The van der Waals surface area contributed by atoms with E-state index in [2.05, 4.69) is 15.5 Å². The van der Waals surface area contributed by atoms with Crippen molar-refractivity contribution in [2.45, 2.75) is 32.2 Å². The minimum atomic E-state index is 0.181. The first-order chi connectivity index (χ1) is 11.8. The molecule has 0 radical (unpaired) electrons. The largest absolute Gasteiger partial charge is 0.351 e. The molecular weight excluding hydrogens is 342 g/mol. The molecule has 1 aliphatic rings. The summed E-state index contributed by atoms with van der Waals surface area (Å²) in [5.41, 5.74) is 0. The Bertz CT molecular complexity index is 817. The molecule has 3 heterocycles. The van der Waals surface area contributed by atoms with Gasteiger partial charge in [-0.1, -0.05) is 24.1 Å². The smallest absolute Gasteiger partial charge is 0.268 e. The van der Waals surface area contributed by atoms with E-state index < -0.39 is 0 Å². The molecule has 5 nitrogen and oxygen atoms in total. The Morgan fingerprint density at radius 1 is 1.25 bits per heavy atom. The normalized spacial score (nSPS) is 15.0. The number of aromatic nitrogens is 2. The average molecular weight is 359 g/mol. The molecule has 4 rings (SSSR count). The maximum atomic E-state index is 12.1. The van der Waals surface area contributed by atoms with Crippen LogP contribution in [0.2, 0.25) is 0 Å². The number of carbonyl (C=O) groups excluding carboxylic acids is 1. The Labute approximate surface area is 147 Å². The van der Waals surface area contributed by atoms with E-state index in [0.29, 0.717) is 18.3 Å². The molecule has 1 fully saturated rings. The lowest BCUT2D eigenvalue weighted by atomic mass is 10.1. The first kappa shape index (κ1) is 15.5. The fourth-order valence-electron chi connectivity index (χ4n) is 2.92. The first-order valence-corrected chi connectivity index (χ1v) is 9.73. The van der Waals surface area contributed by atoms with Gasteiger partial charge >= 0.3 is 0 Å². The van der Waals surface area contributed by atoms with Crippen molar-refractivity contribution in [3.05, 3.63) is 34.5 Å². The second-order valence-electron chi connectivity index (χ2n) is 5.87. The second-order valence-corrected chi connectivity index (χ2v) is 7.98. The molecule has 0 aliphatic heterocycles. The summed E-state index contributed by atoms with van der Waals surface area (Å²) in [7, 11) is 0. The monoisotopic (exact) mass is 359 g/mol. The minimum Gasteiger partial charge on any atom is -0.351 e. The molecule has 7 heteroatoms. The van der Waals surface area contributed by atoms with E-state index in [9.17, 15) is 4.79 Å². The molecule has 0 atom stereocenters. The summed E-state index contributed by atoms with van der Waals surface area (Å²) in [6.45, 7) is 0.561. The third kappa shape index (κ3) is 3.27. The summed E-state index contributed by atoms with van der Waals surface area (Å²) in [6.07, 6.45) is 4.39. The van der Waals surface area contributed by atoms with Crippen LogP contribution in [0.15, 0.2) is 34.2 Å². The van der Waals surface area contributed by atoms with Crippen LogP contribution in [0.25, 0.3) is 21.5 Å². The van der Waals surface area contributed by atoms with Gasteiger partial charge in [0.15, 0.2) is 0 Å². The summed E-state index contributed by atoms with van der Waals surface area (Å²) >= 11 is 3.16. The Morgan fingerprint density at radius 2 is 2.12 bits per heavy atom. The molecule has 0 saturated heterocycles. The molecule has 1 aliphatic carbocycles. The van der Waals surface area contributed by atoms with E-state index in [1.165, 1.54) is 12.8 Å². The highest BCUT2D eigenvalue weighted by molar-refractivity contribution is 7.15. The number of rotatable bonds is 5. The average Bonchev–Trinajstić information content (AvgIpc) is 3.40. The van der Waals surface area contributed by atoms with E-state index in [4.69, 9.17) is 4.52 Å². The van der Waals surface area contributed by atoms with E-state index in [1.54, 1.807) is 22.7 Å². The minimum absolute atomic E-state index is 0.181. The number of thiophene rings is 2. The Hall–Kier alpha value is -1.99. The maximum absolute atomic E-state index is 12.1. The van der Waals surface area contributed by atoms with E-state index in [-0.39, 0.29) is 11.8 Å². The molecule has 24 heavy (non-hydrogen) atoms. The highest BCUT2D eigenvalue weighted by atomic mass is 32.1. The zero-order chi connectivity index (χ0) is 16.4. The van der Waals surface area contributed by atoms with Crippen LogP contribution in [0.1, 0.15) is 30.6 Å². The predicted octanol–water partition coefficient (Wildman–Crippen LogP) is 4.33. The van der Waals surface area contributed by atoms with Crippen molar-refractivity contribution in [3.8, 4) is 21.5 Å². The van der Waals surface area contributed by atoms with Crippen molar-refractivity contribution in [3.63, 3.8) is 0 Å². The first-order valence-electron chi connectivity index (χ1n) is 8.04. The lowest BCUT2D eigenvalue weighted by Gasteiger charge is -2.08. The zero-order valence-electron chi connectivity index (χ0n) is 13.0. The summed E-state index contributed by atoms with van der Waals surface area (Å²) in [4.78, 5) is 19.5. The fourth-order valence-corrected chi connectivity index (χ4v) is 4.44. The van der Waals surface area contributed by atoms with Gasteiger partial charge in [-0.3, -0.25) is 4.79 Å². The van der Waals surface area contributed by atoms with Crippen LogP contribution >= 0.6 is 22.7 Å². The number of amides is 1. The van der Waals surface area contributed by atoms with Gasteiger partial charge in [0, 0.05) is 10.8 Å². The second kappa shape index (κ2) is 6.86. The molecule has 0 unspecified atom stereocenters. The topological polar surface area (TPSA) is 68.0 Å². The number of nitrogens with zero attached hydrogens (tertiary/aromatic N) is 2. The molecule has 1 saturated carbocycles. The molecule has 0 spiro atoms. The summed E-state index contributed by atoms with van der Waals surface area (Å²) < 4.78 is 5.36. The summed E-state index contributed by atoms with van der Waals surface area (Å²) in [5, 5.41) is 9.06. The van der Waals surface area contributed by atoms with Crippen LogP contribution in [0.4, 0.5) is 0 Å². The molecule has 3 aromatic heterocycles. The number of hydrogen-bond acceptors (Lipinski definition) is 6. The van der Waals surface area contributed by atoms with E-state index >= 15 is 0 Å². The van der Waals surface area contributed by atoms with Gasteiger partial charge in [0.25, 0.3) is 5.89 Å². The Balaban J connectivity index is 1.40. The lowest BCUT2D eigenvalue weighted by Crippen LogP contribution is -2.28. The van der Waals surface area contributed by atoms with Gasteiger partial charge in [0.2, 0.25) is 11.7 Å². The molecule has 0 aromatic carbocycles. The van der Waals surface area contributed by atoms with Gasteiger partial charge in [-0.2, -0.15) is 4.98 Å². The van der Waals surface area contributed by atoms with Crippen LogP contribution in [0.5, 0.6) is 0 Å². The Morgan fingerprint density at radius 3 is 2.92 bits per heavy atom. The van der Waals surface area contributed by atoms with Crippen molar-refractivity contribution in [2.24, 2.45) is 5.92 Å². The molecule has 0 bridgehead atoms. The van der Waals surface area contributed by atoms with Crippen molar-refractivity contribution in [1.82, 2.24) is 15.5 Å². The van der Waals surface area contributed by atoms with Gasteiger partial charge in [0.1, 0.15) is 0 Å². The van der Waals surface area contributed by atoms with Crippen LogP contribution in [0, 0.1) is 5.92 Å². The van der Waals surface area contributed by atoms with Crippen LogP contribution < -0.4 is 5.32 Å². The molecule has 3 aromatic rings. The summed E-state index contributed by atoms with van der Waals surface area (Å²) in [5.74, 6) is 1.52. The predicted molar refractivity (Wildman–Crippen MR) is 94.7 cm³/mol. The van der Waals surface area contributed by atoms with Gasteiger partial charge < -0.3 is 9.84 Å². The van der Waals surface area contributed by atoms with Gasteiger partial charge in [-0.15, -0.1) is 22.7 Å². The fraction of sp³-hybridized carbons (Fsp3) is 0.353. The summed E-state index contributed by atoms with van der Waals surface area (Å²) in [6, 6.07) is 7.90. The Kier molecular flexibility index (Phi) is 4.44. The van der Waals surface area contributed by atoms with Crippen molar-refractivity contribution >= 4 is 28.6 Å². The molecule has 1 N–H and O–H groups in total. The van der Waals surface area contributed by atoms with Crippen LogP contribution in [-0.4, -0.2) is 16.0 Å². The zero-order valence-corrected chi connectivity index (χ0v) is 14.7. The van der Waals surface area contributed by atoms with E-state index in [1.807, 2.05) is 29.6 Å². The van der Waals surface area contributed by atoms with Gasteiger partial charge in [-0.25, -0.2) is 0 Å². The van der Waals surface area contributed by atoms with Gasteiger partial charge in [0.05, 0.1) is 16.3 Å². The van der Waals surface area contributed by atoms with Crippen LogP contribution in [0.3, 0.4) is 0 Å². The quantitative estimate of drug-likeness (QED) is 0.736. The maximum Gasteiger partial charge on any atom is 0.268 e. The third-order valence-corrected chi connectivity index (χ3v) is 6.14.